The molecule has 2 aliphatic rings. The monoisotopic (exact) mass is 291 g/mol. The molecule has 3 atom stereocenters. The Labute approximate surface area is 128 Å². The molecule has 0 aromatic heterocycles. The Bertz CT molecular complexity index is 457. The number of hydrogen-bond donors (Lipinski definition) is 1. The van der Waals surface area contributed by atoms with Gasteiger partial charge in [0.1, 0.15) is 0 Å². The van der Waals surface area contributed by atoms with Crippen molar-refractivity contribution >= 4 is 11.6 Å². The molecular formula is C18H26ClN. The van der Waals surface area contributed by atoms with Gasteiger partial charge in [-0.25, -0.2) is 0 Å². The highest BCUT2D eigenvalue weighted by molar-refractivity contribution is 6.30. The van der Waals surface area contributed by atoms with Crippen LogP contribution in [0.25, 0.3) is 0 Å². The van der Waals surface area contributed by atoms with Crippen LogP contribution in [0.2, 0.25) is 5.02 Å². The fourth-order valence-electron chi connectivity index (χ4n) is 4.04. The smallest absolute Gasteiger partial charge is 0.0408 e. The summed E-state index contributed by atoms with van der Waals surface area (Å²) < 4.78 is 0. The minimum Gasteiger partial charge on any atom is -0.313 e. The number of rotatable bonds is 4. The Kier molecular flexibility index (Phi) is 4.68. The van der Waals surface area contributed by atoms with Gasteiger partial charge in [0, 0.05) is 11.1 Å². The molecule has 0 spiro atoms. The molecule has 3 unspecified atom stereocenters. The van der Waals surface area contributed by atoms with Gasteiger partial charge in [0.2, 0.25) is 0 Å². The molecule has 20 heavy (non-hydrogen) atoms. The Morgan fingerprint density at radius 1 is 1.20 bits per heavy atom. The third kappa shape index (κ3) is 3.56. The van der Waals surface area contributed by atoms with Gasteiger partial charge in [-0.05, 0) is 67.3 Å². The van der Waals surface area contributed by atoms with Crippen LogP contribution in [0.3, 0.4) is 0 Å². The van der Waals surface area contributed by atoms with Crippen LogP contribution in [0.4, 0.5) is 0 Å². The van der Waals surface area contributed by atoms with E-state index in [4.69, 9.17) is 11.6 Å². The summed E-state index contributed by atoms with van der Waals surface area (Å²) in [4.78, 5) is 0. The van der Waals surface area contributed by atoms with Crippen molar-refractivity contribution in [3.63, 3.8) is 0 Å². The quantitative estimate of drug-likeness (QED) is 0.854. The van der Waals surface area contributed by atoms with Crippen molar-refractivity contribution in [1.82, 2.24) is 5.32 Å². The lowest BCUT2D eigenvalue weighted by atomic mass is 9.81. The molecule has 2 aliphatic carbocycles. The highest BCUT2D eigenvalue weighted by atomic mass is 35.5. The SMILES string of the molecule is CC1CCCC(CCNC2Cc3ccc(Cl)cc3C2)C1. The fraction of sp³-hybridized carbons (Fsp3) is 0.667. The van der Waals surface area contributed by atoms with Gasteiger partial charge < -0.3 is 5.32 Å². The minimum absolute atomic E-state index is 0.629. The van der Waals surface area contributed by atoms with Crippen LogP contribution >= 0.6 is 11.6 Å². The van der Waals surface area contributed by atoms with Crippen molar-refractivity contribution in [2.75, 3.05) is 6.54 Å². The van der Waals surface area contributed by atoms with Crippen LogP contribution in [0.15, 0.2) is 18.2 Å². The Morgan fingerprint density at radius 3 is 2.90 bits per heavy atom. The van der Waals surface area contributed by atoms with Crippen LogP contribution in [0.1, 0.15) is 50.2 Å². The lowest BCUT2D eigenvalue weighted by molar-refractivity contribution is 0.265. The maximum absolute atomic E-state index is 6.07. The summed E-state index contributed by atoms with van der Waals surface area (Å²) in [5.74, 6) is 1.91. The van der Waals surface area contributed by atoms with E-state index in [2.05, 4.69) is 24.4 Å². The molecule has 0 aliphatic heterocycles. The average molecular weight is 292 g/mol. The molecule has 2 heteroatoms. The summed E-state index contributed by atoms with van der Waals surface area (Å²) in [5, 5.41) is 4.64. The molecule has 0 bridgehead atoms. The highest BCUT2D eigenvalue weighted by Crippen LogP contribution is 2.30. The molecule has 0 heterocycles. The van der Waals surface area contributed by atoms with Crippen LogP contribution in [-0.2, 0) is 12.8 Å². The van der Waals surface area contributed by atoms with E-state index < -0.39 is 0 Å². The predicted molar refractivity (Wildman–Crippen MR) is 86.4 cm³/mol. The van der Waals surface area contributed by atoms with Gasteiger partial charge >= 0.3 is 0 Å². The van der Waals surface area contributed by atoms with Crippen molar-refractivity contribution < 1.29 is 0 Å². The van der Waals surface area contributed by atoms with Crippen LogP contribution in [0, 0.1) is 11.8 Å². The van der Waals surface area contributed by atoms with Crippen LogP contribution in [0.5, 0.6) is 0 Å². The summed E-state index contributed by atoms with van der Waals surface area (Å²) in [6.45, 7) is 3.60. The number of fused-ring (bicyclic) bond motifs is 1. The van der Waals surface area contributed by atoms with Gasteiger partial charge in [0.25, 0.3) is 0 Å². The number of halogens is 1. The number of benzene rings is 1. The first-order valence-electron chi connectivity index (χ1n) is 8.21. The Balaban J connectivity index is 1.42. The lowest BCUT2D eigenvalue weighted by Crippen LogP contribution is -2.31. The lowest BCUT2D eigenvalue weighted by Gasteiger charge is -2.27. The molecule has 1 aromatic carbocycles. The van der Waals surface area contributed by atoms with Gasteiger partial charge in [0.05, 0.1) is 0 Å². The third-order valence-electron chi connectivity index (χ3n) is 5.13. The maximum Gasteiger partial charge on any atom is 0.0408 e. The molecule has 1 N–H and O–H groups in total. The van der Waals surface area contributed by atoms with E-state index in [0.29, 0.717) is 6.04 Å². The first-order chi connectivity index (χ1) is 9.70. The average Bonchev–Trinajstić information content (AvgIpc) is 2.80. The zero-order valence-electron chi connectivity index (χ0n) is 12.5. The standard InChI is InChI=1S/C18H26ClN/c1-13-3-2-4-14(9-13)7-8-20-18-11-15-5-6-17(19)10-16(15)12-18/h5-6,10,13-14,18,20H,2-4,7-9,11-12H2,1H3. The first kappa shape index (κ1) is 14.4. The second-order valence-electron chi connectivity index (χ2n) is 6.90. The highest BCUT2D eigenvalue weighted by Gasteiger charge is 2.22. The molecule has 0 saturated heterocycles. The first-order valence-corrected chi connectivity index (χ1v) is 8.59. The van der Waals surface area contributed by atoms with E-state index >= 15 is 0 Å². The minimum atomic E-state index is 0.629. The molecular weight excluding hydrogens is 266 g/mol. The van der Waals surface area contributed by atoms with Crippen molar-refractivity contribution in [2.24, 2.45) is 11.8 Å². The molecule has 1 aromatic rings. The molecule has 3 rings (SSSR count). The predicted octanol–water partition coefficient (Wildman–Crippen LogP) is 4.61. The largest absolute Gasteiger partial charge is 0.313 e. The summed E-state index contributed by atoms with van der Waals surface area (Å²) in [6.07, 6.45) is 9.47. The maximum atomic E-state index is 6.07. The van der Waals surface area contributed by atoms with E-state index in [0.717, 1.165) is 23.3 Å². The van der Waals surface area contributed by atoms with Gasteiger partial charge in [-0.3, -0.25) is 0 Å². The van der Waals surface area contributed by atoms with Crippen LogP contribution < -0.4 is 5.32 Å². The van der Waals surface area contributed by atoms with Gasteiger partial charge in [0.15, 0.2) is 0 Å². The summed E-state index contributed by atoms with van der Waals surface area (Å²) in [6, 6.07) is 6.99. The van der Waals surface area contributed by atoms with Gasteiger partial charge in [-0.1, -0.05) is 43.9 Å². The van der Waals surface area contributed by atoms with Crippen molar-refractivity contribution in [1.29, 1.82) is 0 Å². The second-order valence-corrected chi connectivity index (χ2v) is 7.34. The van der Waals surface area contributed by atoms with Crippen molar-refractivity contribution in [2.45, 2.75) is 57.9 Å². The van der Waals surface area contributed by atoms with E-state index in [1.54, 1.807) is 0 Å². The van der Waals surface area contributed by atoms with Crippen LogP contribution in [-0.4, -0.2) is 12.6 Å². The zero-order chi connectivity index (χ0) is 13.9. The number of hydrogen-bond acceptors (Lipinski definition) is 1. The summed E-state index contributed by atoms with van der Waals surface area (Å²) in [7, 11) is 0. The van der Waals surface area contributed by atoms with E-state index in [9.17, 15) is 0 Å². The molecule has 1 nitrogen and oxygen atoms in total. The van der Waals surface area contributed by atoms with Gasteiger partial charge in [-0.2, -0.15) is 0 Å². The summed E-state index contributed by atoms with van der Waals surface area (Å²) in [5.41, 5.74) is 2.93. The van der Waals surface area contributed by atoms with E-state index in [1.807, 2.05) is 6.07 Å². The normalized spacial score (nSPS) is 29.4. The summed E-state index contributed by atoms with van der Waals surface area (Å²) >= 11 is 6.07. The topological polar surface area (TPSA) is 12.0 Å². The Hall–Kier alpha value is -0.530. The fourth-order valence-corrected chi connectivity index (χ4v) is 4.24. The van der Waals surface area contributed by atoms with Gasteiger partial charge in [-0.15, -0.1) is 0 Å². The van der Waals surface area contributed by atoms with Crippen molar-refractivity contribution in [3.8, 4) is 0 Å². The zero-order valence-corrected chi connectivity index (χ0v) is 13.3. The van der Waals surface area contributed by atoms with E-state index in [-0.39, 0.29) is 0 Å². The molecule has 0 radical (unpaired) electrons. The molecule has 110 valence electrons. The van der Waals surface area contributed by atoms with E-state index in [1.165, 1.54) is 56.2 Å². The molecule has 1 fully saturated rings. The third-order valence-corrected chi connectivity index (χ3v) is 5.37. The number of nitrogens with one attached hydrogen (secondary N) is 1. The second kappa shape index (κ2) is 6.49. The molecule has 1 saturated carbocycles. The molecule has 0 amide bonds. The van der Waals surface area contributed by atoms with Crippen molar-refractivity contribution in [3.05, 3.63) is 34.3 Å². The Morgan fingerprint density at radius 2 is 2.05 bits per heavy atom.